The Morgan fingerprint density at radius 1 is 1.26 bits per heavy atom. The van der Waals surface area contributed by atoms with Gasteiger partial charge in [-0.25, -0.2) is 0 Å². The Labute approximate surface area is 116 Å². The molecule has 19 heavy (non-hydrogen) atoms. The van der Waals surface area contributed by atoms with Gasteiger partial charge in [0.15, 0.2) is 0 Å². The number of methoxy groups -OCH3 is 1. The van der Waals surface area contributed by atoms with E-state index in [1.54, 1.807) is 0 Å². The summed E-state index contributed by atoms with van der Waals surface area (Å²) in [6, 6.07) is 8.76. The lowest BCUT2D eigenvalue weighted by Gasteiger charge is -2.26. The Kier molecular flexibility index (Phi) is 6.03. The summed E-state index contributed by atoms with van der Waals surface area (Å²) >= 11 is 0. The molecule has 1 N–H and O–H groups in total. The Balaban J connectivity index is 2.47. The van der Waals surface area contributed by atoms with Crippen molar-refractivity contribution >= 4 is 5.97 Å². The van der Waals surface area contributed by atoms with Crippen molar-refractivity contribution in [1.82, 2.24) is 5.32 Å². The van der Waals surface area contributed by atoms with Crippen LogP contribution in [0.5, 0.6) is 0 Å². The third-order valence-corrected chi connectivity index (χ3v) is 3.44. The number of carbonyl (C=O) groups excluding carboxylic acids is 1. The van der Waals surface area contributed by atoms with Gasteiger partial charge in [0.25, 0.3) is 0 Å². The first-order valence-electron chi connectivity index (χ1n) is 6.86. The first-order valence-corrected chi connectivity index (χ1v) is 6.86. The molecule has 0 aliphatic heterocycles. The van der Waals surface area contributed by atoms with Crippen molar-refractivity contribution in [2.24, 2.45) is 0 Å². The van der Waals surface area contributed by atoms with E-state index in [1.807, 2.05) is 0 Å². The lowest BCUT2D eigenvalue weighted by atomic mass is 9.84. The molecule has 0 atom stereocenters. The minimum atomic E-state index is -0.169. The highest BCUT2D eigenvalue weighted by atomic mass is 16.5. The molecule has 0 amide bonds. The van der Waals surface area contributed by atoms with Crippen LogP contribution < -0.4 is 5.32 Å². The summed E-state index contributed by atoms with van der Waals surface area (Å²) in [6.45, 7) is 8.07. The van der Waals surface area contributed by atoms with Crippen LogP contribution in [0.2, 0.25) is 0 Å². The maximum Gasteiger partial charge on any atom is 0.306 e. The van der Waals surface area contributed by atoms with Gasteiger partial charge in [-0.05, 0) is 17.5 Å². The summed E-state index contributed by atoms with van der Waals surface area (Å²) in [7, 11) is 1.42. The van der Waals surface area contributed by atoms with Crippen molar-refractivity contribution in [1.29, 1.82) is 0 Å². The molecule has 1 rings (SSSR count). The van der Waals surface area contributed by atoms with Gasteiger partial charge in [-0.2, -0.15) is 0 Å². The number of aryl methyl sites for hydroxylation is 1. The smallest absolute Gasteiger partial charge is 0.306 e. The lowest BCUT2D eigenvalue weighted by molar-refractivity contribution is -0.140. The number of benzene rings is 1. The van der Waals surface area contributed by atoms with Crippen LogP contribution in [0.3, 0.4) is 0 Å². The second-order valence-corrected chi connectivity index (χ2v) is 5.44. The normalized spacial score (nSPS) is 11.4. The number of hydrogen-bond acceptors (Lipinski definition) is 3. The number of rotatable bonds is 7. The highest BCUT2D eigenvalue weighted by Gasteiger charge is 2.19. The molecular weight excluding hydrogens is 238 g/mol. The van der Waals surface area contributed by atoms with Gasteiger partial charge < -0.3 is 10.1 Å². The first-order chi connectivity index (χ1) is 8.99. The SMILES string of the molecule is CCc1ccc(C(C)(C)CNCCC(=O)OC)cc1. The number of ether oxygens (including phenoxy) is 1. The van der Waals surface area contributed by atoms with Crippen LogP contribution >= 0.6 is 0 Å². The average molecular weight is 263 g/mol. The number of nitrogens with one attached hydrogen (secondary N) is 1. The van der Waals surface area contributed by atoms with Crippen molar-refractivity contribution in [2.75, 3.05) is 20.2 Å². The van der Waals surface area contributed by atoms with E-state index in [2.05, 4.69) is 55.1 Å². The molecule has 0 aliphatic carbocycles. The predicted octanol–water partition coefficient (Wildman–Crippen LogP) is 2.68. The molecule has 0 saturated carbocycles. The summed E-state index contributed by atoms with van der Waals surface area (Å²) in [5, 5.41) is 3.32. The summed E-state index contributed by atoms with van der Waals surface area (Å²) in [5.74, 6) is -0.169. The van der Waals surface area contributed by atoms with E-state index in [0.717, 1.165) is 13.0 Å². The zero-order valence-corrected chi connectivity index (χ0v) is 12.5. The molecule has 3 nitrogen and oxygen atoms in total. The van der Waals surface area contributed by atoms with Crippen LogP contribution in [0.4, 0.5) is 0 Å². The number of carbonyl (C=O) groups is 1. The third kappa shape index (κ3) is 5.03. The number of hydrogen-bond donors (Lipinski definition) is 1. The standard InChI is InChI=1S/C16H25NO2/c1-5-13-6-8-14(9-7-13)16(2,3)12-17-11-10-15(18)19-4/h6-9,17H,5,10-12H2,1-4H3. The molecule has 1 aromatic carbocycles. The van der Waals surface area contributed by atoms with Crippen molar-refractivity contribution in [3.05, 3.63) is 35.4 Å². The minimum absolute atomic E-state index is 0.0579. The molecule has 0 radical (unpaired) electrons. The van der Waals surface area contributed by atoms with Crippen LogP contribution in [0.1, 0.15) is 38.3 Å². The van der Waals surface area contributed by atoms with Gasteiger partial charge in [0.2, 0.25) is 0 Å². The first kappa shape index (κ1) is 15.7. The summed E-state index contributed by atoms with van der Waals surface area (Å²) in [6.07, 6.45) is 1.49. The van der Waals surface area contributed by atoms with E-state index in [0.29, 0.717) is 13.0 Å². The third-order valence-electron chi connectivity index (χ3n) is 3.44. The summed E-state index contributed by atoms with van der Waals surface area (Å²) in [5.41, 5.74) is 2.73. The Hall–Kier alpha value is -1.35. The van der Waals surface area contributed by atoms with Crippen molar-refractivity contribution in [3.63, 3.8) is 0 Å². The largest absolute Gasteiger partial charge is 0.469 e. The highest BCUT2D eigenvalue weighted by molar-refractivity contribution is 5.69. The van der Waals surface area contributed by atoms with Crippen LogP contribution in [0, 0.1) is 0 Å². The molecule has 0 saturated heterocycles. The van der Waals surface area contributed by atoms with Crippen LogP contribution in [0.25, 0.3) is 0 Å². The fourth-order valence-electron chi connectivity index (χ4n) is 1.99. The van der Waals surface area contributed by atoms with Gasteiger partial charge in [-0.15, -0.1) is 0 Å². The minimum Gasteiger partial charge on any atom is -0.469 e. The Morgan fingerprint density at radius 3 is 2.42 bits per heavy atom. The Bertz CT molecular complexity index is 396. The van der Waals surface area contributed by atoms with Crippen molar-refractivity contribution in [3.8, 4) is 0 Å². The van der Waals surface area contributed by atoms with Gasteiger partial charge in [-0.3, -0.25) is 4.79 Å². The molecule has 0 unspecified atom stereocenters. The molecule has 0 spiro atoms. The molecule has 0 aromatic heterocycles. The monoisotopic (exact) mass is 263 g/mol. The zero-order valence-electron chi connectivity index (χ0n) is 12.5. The van der Waals surface area contributed by atoms with Gasteiger partial charge >= 0.3 is 5.97 Å². The summed E-state index contributed by atoms with van der Waals surface area (Å²) in [4.78, 5) is 11.0. The van der Waals surface area contributed by atoms with E-state index in [4.69, 9.17) is 0 Å². The van der Waals surface area contributed by atoms with Crippen LogP contribution in [-0.4, -0.2) is 26.2 Å². The van der Waals surface area contributed by atoms with Gasteiger partial charge in [0.05, 0.1) is 13.5 Å². The maximum absolute atomic E-state index is 11.0. The van der Waals surface area contributed by atoms with Crippen LogP contribution in [0.15, 0.2) is 24.3 Å². The highest BCUT2D eigenvalue weighted by Crippen LogP contribution is 2.22. The average Bonchev–Trinajstić information content (AvgIpc) is 2.43. The molecule has 0 fully saturated rings. The predicted molar refractivity (Wildman–Crippen MR) is 78.3 cm³/mol. The molecule has 0 bridgehead atoms. The number of esters is 1. The second kappa shape index (κ2) is 7.29. The molecule has 0 heterocycles. The quantitative estimate of drug-likeness (QED) is 0.607. The van der Waals surface area contributed by atoms with E-state index >= 15 is 0 Å². The second-order valence-electron chi connectivity index (χ2n) is 5.44. The van der Waals surface area contributed by atoms with Crippen molar-refractivity contribution < 1.29 is 9.53 Å². The molecule has 106 valence electrons. The molecule has 0 aliphatic rings. The topological polar surface area (TPSA) is 38.3 Å². The van der Waals surface area contributed by atoms with E-state index in [9.17, 15) is 4.79 Å². The Morgan fingerprint density at radius 2 is 1.89 bits per heavy atom. The fourth-order valence-corrected chi connectivity index (χ4v) is 1.99. The fraction of sp³-hybridized carbons (Fsp3) is 0.562. The van der Waals surface area contributed by atoms with E-state index in [-0.39, 0.29) is 11.4 Å². The summed E-state index contributed by atoms with van der Waals surface area (Å²) < 4.78 is 4.61. The molecular formula is C16H25NO2. The van der Waals surface area contributed by atoms with Crippen molar-refractivity contribution in [2.45, 2.75) is 39.0 Å². The maximum atomic E-state index is 11.0. The van der Waals surface area contributed by atoms with Gasteiger partial charge in [0, 0.05) is 18.5 Å². The molecule has 3 heteroatoms. The molecule has 1 aromatic rings. The van der Waals surface area contributed by atoms with Gasteiger partial charge in [-0.1, -0.05) is 45.0 Å². The van der Waals surface area contributed by atoms with E-state index in [1.165, 1.54) is 18.2 Å². The lowest BCUT2D eigenvalue weighted by Crippen LogP contribution is -2.34. The van der Waals surface area contributed by atoms with Crippen LogP contribution in [-0.2, 0) is 21.4 Å². The van der Waals surface area contributed by atoms with E-state index < -0.39 is 0 Å². The van der Waals surface area contributed by atoms with Gasteiger partial charge in [0.1, 0.15) is 0 Å². The zero-order chi connectivity index (χ0) is 14.3.